The molecule has 0 saturated carbocycles. The lowest BCUT2D eigenvalue weighted by atomic mass is 10.2. The zero-order valence-electron chi connectivity index (χ0n) is 13.1. The smallest absolute Gasteiger partial charge is 0.358 e. The average molecular weight is 364 g/mol. The minimum atomic E-state index is -4.30. The van der Waals surface area contributed by atoms with Gasteiger partial charge in [0.2, 0.25) is 0 Å². The minimum absolute atomic E-state index is 0.158. The minimum Gasteiger partial charge on any atom is -0.358 e. The van der Waals surface area contributed by atoms with Crippen molar-refractivity contribution in [3.63, 3.8) is 0 Å². The fourth-order valence-electron chi connectivity index (χ4n) is 2.70. The van der Waals surface area contributed by atoms with Gasteiger partial charge < -0.3 is 9.47 Å². The second kappa shape index (κ2) is 7.25. The SMILES string of the molecule is Cc1cc(C(=O)CSC(=S)N2CCCC2)c(C)n1CC(F)(F)F. The quantitative estimate of drug-likeness (QED) is 0.596. The Balaban J connectivity index is 2.02. The third-order valence-electron chi connectivity index (χ3n) is 3.90. The molecule has 0 unspecified atom stereocenters. The molecule has 1 aliphatic heterocycles. The summed E-state index contributed by atoms with van der Waals surface area (Å²) in [5, 5.41) is 0. The number of halogens is 3. The predicted octanol–water partition coefficient (Wildman–Crippen LogP) is 3.96. The van der Waals surface area contributed by atoms with Crippen molar-refractivity contribution in [1.82, 2.24) is 9.47 Å². The lowest BCUT2D eigenvalue weighted by Crippen LogP contribution is -2.24. The molecule has 0 amide bonds. The van der Waals surface area contributed by atoms with Crippen LogP contribution in [-0.4, -0.2) is 44.6 Å². The number of hydrogen-bond acceptors (Lipinski definition) is 3. The third-order valence-corrected chi connectivity index (χ3v) is 5.43. The molecule has 1 aromatic heterocycles. The molecular formula is C15H19F3N2OS2. The van der Waals surface area contributed by atoms with Crippen molar-refractivity contribution < 1.29 is 18.0 Å². The Labute approximate surface area is 143 Å². The summed E-state index contributed by atoms with van der Waals surface area (Å²) >= 11 is 6.59. The van der Waals surface area contributed by atoms with E-state index >= 15 is 0 Å². The van der Waals surface area contributed by atoms with E-state index in [1.54, 1.807) is 13.8 Å². The number of hydrogen-bond donors (Lipinski definition) is 0. The first kappa shape index (κ1) is 18.3. The summed E-state index contributed by atoms with van der Waals surface area (Å²) in [5.74, 6) is -0.0240. The Kier molecular flexibility index (Phi) is 5.78. The Hall–Kier alpha value is -1.02. The van der Waals surface area contributed by atoms with E-state index in [0.29, 0.717) is 21.3 Å². The van der Waals surface area contributed by atoms with Gasteiger partial charge in [-0.25, -0.2) is 0 Å². The van der Waals surface area contributed by atoms with Gasteiger partial charge in [-0.05, 0) is 32.8 Å². The van der Waals surface area contributed by atoms with Gasteiger partial charge in [0.05, 0.1) is 5.75 Å². The van der Waals surface area contributed by atoms with Gasteiger partial charge in [-0.2, -0.15) is 13.2 Å². The molecule has 8 heteroatoms. The van der Waals surface area contributed by atoms with Crippen LogP contribution in [0.3, 0.4) is 0 Å². The van der Waals surface area contributed by atoms with Crippen LogP contribution in [0.15, 0.2) is 6.07 Å². The van der Waals surface area contributed by atoms with Crippen molar-refractivity contribution in [1.29, 1.82) is 0 Å². The molecular weight excluding hydrogens is 345 g/mol. The van der Waals surface area contributed by atoms with Crippen LogP contribution in [0.5, 0.6) is 0 Å². The highest BCUT2D eigenvalue weighted by Gasteiger charge is 2.30. The van der Waals surface area contributed by atoms with Crippen LogP contribution in [0.2, 0.25) is 0 Å². The number of nitrogens with zero attached hydrogens (tertiary/aromatic N) is 2. The molecule has 0 radical (unpaired) electrons. The Bertz CT molecular complexity index is 605. The number of carbonyl (C=O) groups excluding carboxylic acids is 1. The maximum absolute atomic E-state index is 12.6. The number of rotatable bonds is 4. The number of thioether (sulfide) groups is 1. The Morgan fingerprint density at radius 1 is 1.30 bits per heavy atom. The molecule has 2 rings (SSSR count). The molecule has 1 fully saturated rings. The molecule has 2 heterocycles. The zero-order chi connectivity index (χ0) is 17.2. The van der Waals surface area contributed by atoms with E-state index in [-0.39, 0.29) is 11.5 Å². The van der Waals surface area contributed by atoms with Gasteiger partial charge in [0, 0.05) is 30.0 Å². The highest BCUT2D eigenvalue weighted by atomic mass is 32.2. The van der Waals surface area contributed by atoms with E-state index in [9.17, 15) is 18.0 Å². The first-order valence-corrected chi connectivity index (χ1v) is 8.77. The molecule has 0 atom stereocenters. The van der Waals surface area contributed by atoms with Gasteiger partial charge in [0.1, 0.15) is 10.9 Å². The fraction of sp³-hybridized carbons (Fsp3) is 0.600. The molecule has 0 aliphatic carbocycles. The largest absolute Gasteiger partial charge is 0.406 e. The molecule has 128 valence electrons. The second-order valence-corrected chi connectivity index (χ2v) is 7.27. The number of alkyl halides is 3. The summed E-state index contributed by atoms with van der Waals surface area (Å²) in [4.78, 5) is 14.4. The second-order valence-electron chi connectivity index (χ2n) is 5.66. The molecule has 1 saturated heterocycles. The topological polar surface area (TPSA) is 25.2 Å². The molecule has 0 N–H and O–H groups in total. The van der Waals surface area contributed by atoms with Gasteiger partial charge in [-0.1, -0.05) is 24.0 Å². The van der Waals surface area contributed by atoms with E-state index in [2.05, 4.69) is 4.90 Å². The van der Waals surface area contributed by atoms with E-state index in [0.717, 1.165) is 30.5 Å². The van der Waals surface area contributed by atoms with Crippen molar-refractivity contribution in [2.45, 2.75) is 39.4 Å². The third kappa shape index (κ3) is 4.73. The van der Waals surface area contributed by atoms with Gasteiger partial charge in [0.25, 0.3) is 0 Å². The number of aromatic nitrogens is 1. The lowest BCUT2D eigenvalue weighted by Gasteiger charge is -2.17. The Morgan fingerprint density at radius 2 is 1.91 bits per heavy atom. The summed E-state index contributed by atoms with van der Waals surface area (Å²) in [6, 6.07) is 1.53. The Morgan fingerprint density at radius 3 is 2.48 bits per heavy atom. The number of aryl methyl sites for hydroxylation is 1. The summed E-state index contributed by atoms with van der Waals surface area (Å²) in [5.41, 5.74) is 1.15. The van der Waals surface area contributed by atoms with Crippen LogP contribution in [0.1, 0.15) is 34.6 Å². The van der Waals surface area contributed by atoms with Crippen LogP contribution < -0.4 is 0 Å². The van der Waals surface area contributed by atoms with Gasteiger partial charge in [-0.15, -0.1) is 0 Å². The van der Waals surface area contributed by atoms with Gasteiger partial charge in [0.15, 0.2) is 5.78 Å². The number of thiocarbonyl (C=S) groups is 1. The number of ketones is 1. The summed E-state index contributed by atoms with van der Waals surface area (Å²) in [6.07, 6.45) is -2.10. The number of likely N-dealkylation sites (tertiary alicyclic amines) is 1. The maximum atomic E-state index is 12.6. The van der Waals surface area contributed by atoms with E-state index in [1.807, 2.05) is 0 Å². The van der Waals surface area contributed by atoms with E-state index < -0.39 is 12.7 Å². The average Bonchev–Trinajstić information content (AvgIpc) is 3.07. The fourth-order valence-corrected chi connectivity index (χ4v) is 3.84. The standard InChI is InChI=1S/C15H19F3N2OS2/c1-10-7-12(11(2)20(10)9-15(16,17)18)13(21)8-23-14(22)19-5-3-4-6-19/h7H,3-6,8-9H2,1-2H3. The summed E-state index contributed by atoms with van der Waals surface area (Å²) < 4.78 is 39.6. The van der Waals surface area contributed by atoms with Crippen molar-refractivity contribution in [3.05, 3.63) is 23.0 Å². The van der Waals surface area contributed by atoms with Gasteiger partial charge >= 0.3 is 6.18 Å². The van der Waals surface area contributed by atoms with Gasteiger partial charge in [-0.3, -0.25) is 4.79 Å². The highest BCUT2D eigenvalue weighted by Crippen LogP contribution is 2.24. The summed E-state index contributed by atoms with van der Waals surface area (Å²) in [7, 11) is 0. The monoisotopic (exact) mass is 364 g/mol. The van der Waals surface area contributed by atoms with Crippen molar-refractivity contribution in [2.75, 3.05) is 18.8 Å². The van der Waals surface area contributed by atoms with Crippen LogP contribution in [0, 0.1) is 13.8 Å². The van der Waals surface area contributed by atoms with Crippen molar-refractivity contribution >= 4 is 34.1 Å². The molecule has 0 spiro atoms. The molecule has 0 aromatic carbocycles. The first-order valence-electron chi connectivity index (χ1n) is 7.37. The van der Waals surface area contributed by atoms with Crippen LogP contribution in [0.25, 0.3) is 0 Å². The zero-order valence-corrected chi connectivity index (χ0v) is 14.7. The normalized spacial score (nSPS) is 15.3. The summed E-state index contributed by atoms with van der Waals surface area (Å²) in [6.45, 7) is 3.89. The highest BCUT2D eigenvalue weighted by molar-refractivity contribution is 8.23. The molecule has 3 nitrogen and oxygen atoms in total. The van der Waals surface area contributed by atoms with Crippen molar-refractivity contribution in [2.24, 2.45) is 0 Å². The predicted molar refractivity (Wildman–Crippen MR) is 90.2 cm³/mol. The molecule has 1 aliphatic rings. The van der Waals surface area contributed by atoms with E-state index in [4.69, 9.17) is 12.2 Å². The van der Waals surface area contributed by atoms with E-state index in [1.165, 1.54) is 17.8 Å². The number of Topliss-reactive ketones (excluding diaryl/α,β-unsaturated/α-hetero) is 1. The van der Waals surface area contributed by atoms with Crippen molar-refractivity contribution in [3.8, 4) is 0 Å². The molecule has 0 bridgehead atoms. The number of carbonyl (C=O) groups is 1. The first-order chi connectivity index (χ1) is 10.7. The maximum Gasteiger partial charge on any atom is 0.406 e. The van der Waals surface area contributed by atoms with Crippen LogP contribution in [0.4, 0.5) is 13.2 Å². The lowest BCUT2D eigenvalue weighted by molar-refractivity contribution is -0.141. The van der Waals surface area contributed by atoms with Crippen LogP contribution in [-0.2, 0) is 6.54 Å². The molecule has 23 heavy (non-hydrogen) atoms. The molecule has 1 aromatic rings. The van der Waals surface area contributed by atoms with Crippen LogP contribution >= 0.6 is 24.0 Å².